The maximum absolute atomic E-state index is 12.6. The Bertz CT molecular complexity index is 347. The Kier molecular flexibility index (Phi) is 7.67. The third-order valence-corrected chi connectivity index (χ3v) is 3.82. The van der Waals surface area contributed by atoms with Crippen molar-refractivity contribution in [3.05, 3.63) is 0 Å². The van der Waals surface area contributed by atoms with Gasteiger partial charge in [0.05, 0.1) is 19.1 Å². The van der Waals surface area contributed by atoms with Gasteiger partial charge in [-0.25, -0.2) is 0 Å². The third kappa shape index (κ3) is 5.28. The first-order valence-corrected chi connectivity index (χ1v) is 7.68. The average Bonchev–Trinajstić information content (AvgIpc) is 2.50. The number of carbonyl (C=O) groups excluding carboxylic acids is 2. The minimum absolute atomic E-state index is 0.0161. The first kappa shape index (κ1) is 17.9. The maximum Gasteiger partial charge on any atom is 0.227 e. The summed E-state index contributed by atoms with van der Waals surface area (Å²) in [7, 11) is 1.59. The van der Waals surface area contributed by atoms with Crippen LogP contribution in [0, 0.1) is 11.8 Å². The molecule has 122 valence electrons. The number of hydrogen-bond donors (Lipinski definition) is 1. The third-order valence-electron chi connectivity index (χ3n) is 3.82. The van der Waals surface area contributed by atoms with Gasteiger partial charge in [-0.3, -0.25) is 9.59 Å². The van der Waals surface area contributed by atoms with Crippen LogP contribution in [0.25, 0.3) is 0 Å². The Morgan fingerprint density at radius 1 is 1.38 bits per heavy atom. The van der Waals surface area contributed by atoms with Crippen LogP contribution in [0.2, 0.25) is 0 Å². The van der Waals surface area contributed by atoms with E-state index in [0.717, 1.165) is 19.4 Å². The van der Waals surface area contributed by atoms with Crippen LogP contribution < -0.4 is 0 Å². The lowest BCUT2D eigenvalue weighted by Gasteiger charge is -2.35. The second-order valence-electron chi connectivity index (χ2n) is 5.82. The molecule has 1 rings (SSSR count). The first-order valence-electron chi connectivity index (χ1n) is 7.68. The molecule has 0 aromatic heterocycles. The highest BCUT2D eigenvalue weighted by Gasteiger charge is 2.31. The zero-order valence-electron chi connectivity index (χ0n) is 13.4. The molecule has 2 amide bonds. The quantitative estimate of drug-likeness (QED) is 0.736. The predicted molar refractivity (Wildman–Crippen MR) is 79.7 cm³/mol. The van der Waals surface area contributed by atoms with E-state index in [0.29, 0.717) is 26.2 Å². The van der Waals surface area contributed by atoms with Crippen molar-refractivity contribution in [1.29, 1.82) is 0 Å². The molecular formula is C15H28N2O4. The van der Waals surface area contributed by atoms with E-state index in [1.165, 1.54) is 0 Å². The normalized spacial score (nSPS) is 18.9. The van der Waals surface area contributed by atoms with E-state index in [1.54, 1.807) is 16.9 Å². The molecule has 1 saturated heterocycles. The van der Waals surface area contributed by atoms with E-state index in [1.807, 2.05) is 13.8 Å². The van der Waals surface area contributed by atoms with Gasteiger partial charge in [0.1, 0.15) is 0 Å². The molecule has 1 fully saturated rings. The number of methoxy groups -OCH3 is 1. The molecule has 0 saturated carbocycles. The topological polar surface area (TPSA) is 70.1 Å². The highest BCUT2D eigenvalue weighted by molar-refractivity contribution is 5.82. The summed E-state index contributed by atoms with van der Waals surface area (Å²) in [5.41, 5.74) is 0. The number of aliphatic hydroxyl groups excluding tert-OH is 1. The Labute approximate surface area is 127 Å². The van der Waals surface area contributed by atoms with Crippen LogP contribution in [-0.2, 0) is 14.3 Å². The van der Waals surface area contributed by atoms with Crippen LogP contribution in [0.15, 0.2) is 0 Å². The average molecular weight is 300 g/mol. The lowest BCUT2D eigenvalue weighted by Crippen LogP contribution is -2.48. The molecule has 0 radical (unpaired) electrons. The second-order valence-corrected chi connectivity index (χ2v) is 5.82. The number of aliphatic hydroxyl groups is 1. The number of rotatable bonds is 7. The molecule has 1 aliphatic rings. The highest BCUT2D eigenvalue weighted by Crippen LogP contribution is 2.20. The van der Waals surface area contributed by atoms with Crippen LogP contribution in [0.4, 0.5) is 0 Å². The van der Waals surface area contributed by atoms with Crippen molar-refractivity contribution in [2.45, 2.75) is 26.7 Å². The summed E-state index contributed by atoms with van der Waals surface area (Å²) in [6.45, 7) is 6.17. The SMILES string of the molecule is COCCN(CCO)C(=O)C1CCCN(C(=O)C(C)C)C1. The summed E-state index contributed by atoms with van der Waals surface area (Å²) in [4.78, 5) is 28.1. The van der Waals surface area contributed by atoms with Crippen LogP contribution in [0.3, 0.4) is 0 Å². The number of nitrogens with zero attached hydrogens (tertiary/aromatic N) is 2. The van der Waals surface area contributed by atoms with Crippen molar-refractivity contribution < 1.29 is 19.4 Å². The van der Waals surface area contributed by atoms with E-state index in [4.69, 9.17) is 9.84 Å². The van der Waals surface area contributed by atoms with Crippen LogP contribution in [0.1, 0.15) is 26.7 Å². The van der Waals surface area contributed by atoms with Crippen LogP contribution in [-0.4, -0.2) is 73.2 Å². The molecule has 0 aromatic carbocycles. The number of amides is 2. The zero-order chi connectivity index (χ0) is 15.8. The van der Waals surface area contributed by atoms with Crippen molar-refractivity contribution in [3.63, 3.8) is 0 Å². The molecule has 0 aromatic rings. The molecule has 0 spiro atoms. The van der Waals surface area contributed by atoms with E-state index in [2.05, 4.69) is 0 Å². The predicted octanol–water partition coefficient (Wildman–Crippen LogP) is 0.348. The number of piperidine rings is 1. The molecule has 0 aliphatic carbocycles. The summed E-state index contributed by atoms with van der Waals surface area (Å²) in [6, 6.07) is 0. The second kappa shape index (κ2) is 9.00. The summed E-state index contributed by atoms with van der Waals surface area (Å²) in [5.74, 6) is -0.0776. The van der Waals surface area contributed by atoms with Gasteiger partial charge in [-0.1, -0.05) is 13.8 Å². The molecule has 6 heteroatoms. The van der Waals surface area contributed by atoms with E-state index in [-0.39, 0.29) is 30.3 Å². The van der Waals surface area contributed by atoms with Crippen molar-refractivity contribution in [3.8, 4) is 0 Å². The molecule has 1 heterocycles. The summed E-state index contributed by atoms with van der Waals surface area (Å²) >= 11 is 0. The van der Waals surface area contributed by atoms with Gasteiger partial charge < -0.3 is 19.6 Å². The number of hydrogen-bond acceptors (Lipinski definition) is 4. The summed E-state index contributed by atoms with van der Waals surface area (Å²) < 4.78 is 5.01. The molecule has 1 unspecified atom stereocenters. The maximum atomic E-state index is 12.6. The standard InChI is InChI=1S/C15H28N2O4/c1-12(2)14(19)17-6-4-5-13(11-17)15(20)16(7-9-18)8-10-21-3/h12-13,18H,4-11H2,1-3H3. The van der Waals surface area contributed by atoms with E-state index < -0.39 is 0 Å². The monoisotopic (exact) mass is 300 g/mol. The van der Waals surface area contributed by atoms with Gasteiger partial charge in [0.25, 0.3) is 0 Å². The van der Waals surface area contributed by atoms with E-state index >= 15 is 0 Å². The molecule has 1 atom stereocenters. The minimum atomic E-state index is -0.162. The smallest absolute Gasteiger partial charge is 0.227 e. The van der Waals surface area contributed by atoms with Crippen molar-refractivity contribution in [2.75, 3.05) is 46.5 Å². The highest BCUT2D eigenvalue weighted by atomic mass is 16.5. The number of ether oxygens (including phenoxy) is 1. The molecule has 1 N–H and O–H groups in total. The van der Waals surface area contributed by atoms with Crippen molar-refractivity contribution in [2.24, 2.45) is 11.8 Å². The van der Waals surface area contributed by atoms with Crippen molar-refractivity contribution >= 4 is 11.8 Å². The molecule has 0 bridgehead atoms. The first-order chi connectivity index (χ1) is 10.0. The van der Waals surface area contributed by atoms with Crippen LogP contribution >= 0.6 is 0 Å². The van der Waals surface area contributed by atoms with Gasteiger partial charge in [0, 0.05) is 39.2 Å². The molecule has 21 heavy (non-hydrogen) atoms. The van der Waals surface area contributed by atoms with Gasteiger partial charge in [-0.15, -0.1) is 0 Å². The lowest BCUT2D eigenvalue weighted by molar-refractivity contribution is -0.143. The lowest BCUT2D eigenvalue weighted by atomic mass is 9.95. The Morgan fingerprint density at radius 2 is 2.10 bits per heavy atom. The summed E-state index contributed by atoms with van der Waals surface area (Å²) in [6.07, 6.45) is 1.65. The molecular weight excluding hydrogens is 272 g/mol. The molecule has 1 aliphatic heterocycles. The zero-order valence-corrected chi connectivity index (χ0v) is 13.4. The van der Waals surface area contributed by atoms with Gasteiger partial charge in [0.2, 0.25) is 11.8 Å². The minimum Gasteiger partial charge on any atom is -0.395 e. The Morgan fingerprint density at radius 3 is 2.67 bits per heavy atom. The largest absolute Gasteiger partial charge is 0.395 e. The van der Waals surface area contributed by atoms with E-state index in [9.17, 15) is 9.59 Å². The Balaban J connectivity index is 2.64. The number of carbonyl (C=O) groups is 2. The van der Waals surface area contributed by atoms with Crippen LogP contribution in [0.5, 0.6) is 0 Å². The Hall–Kier alpha value is -1.14. The number of likely N-dealkylation sites (tertiary alicyclic amines) is 1. The van der Waals surface area contributed by atoms with Gasteiger partial charge in [-0.05, 0) is 12.8 Å². The van der Waals surface area contributed by atoms with Crippen molar-refractivity contribution in [1.82, 2.24) is 9.80 Å². The fourth-order valence-corrected chi connectivity index (χ4v) is 2.66. The van der Waals surface area contributed by atoms with Gasteiger partial charge in [-0.2, -0.15) is 0 Å². The fraction of sp³-hybridized carbons (Fsp3) is 0.867. The van der Waals surface area contributed by atoms with Gasteiger partial charge in [0.15, 0.2) is 0 Å². The summed E-state index contributed by atoms with van der Waals surface area (Å²) in [5, 5.41) is 9.10. The van der Waals surface area contributed by atoms with Gasteiger partial charge >= 0.3 is 0 Å². The fourth-order valence-electron chi connectivity index (χ4n) is 2.66. The molecule has 6 nitrogen and oxygen atoms in total.